The predicted octanol–water partition coefficient (Wildman–Crippen LogP) is 2.28. The number of nitrogens with zero attached hydrogens (tertiary/aromatic N) is 2. The SMILES string of the molecule is Cn1c(CCNC(=O)C2CCCCC2(C)N)nc2cc(F)ccc21. The van der Waals surface area contributed by atoms with E-state index >= 15 is 0 Å². The summed E-state index contributed by atoms with van der Waals surface area (Å²) in [4.78, 5) is 16.9. The van der Waals surface area contributed by atoms with Crippen molar-refractivity contribution in [3.8, 4) is 0 Å². The Kier molecular flexibility index (Phi) is 4.58. The molecule has 1 aliphatic rings. The van der Waals surface area contributed by atoms with Crippen LogP contribution in [0.15, 0.2) is 18.2 Å². The lowest BCUT2D eigenvalue weighted by atomic mass is 9.74. The minimum absolute atomic E-state index is 0.0320. The maximum absolute atomic E-state index is 13.3. The zero-order valence-corrected chi connectivity index (χ0v) is 14.3. The van der Waals surface area contributed by atoms with Crippen molar-refractivity contribution in [2.24, 2.45) is 18.7 Å². The third-order valence-corrected chi connectivity index (χ3v) is 5.15. The van der Waals surface area contributed by atoms with Crippen molar-refractivity contribution in [2.75, 3.05) is 6.54 Å². The highest BCUT2D eigenvalue weighted by atomic mass is 19.1. The van der Waals surface area contributed by atoms with E-state index in [2.05, 4.69) is 10.3 Å². The number of aryl methyl sites for hydroxylation is 1. The lowest BCUT2D eigenvalue weighted by Crippen LogP contribution is -2.53. The largest absolute Gasteiger partial charge is 0.355 e. The molecule has 1 saturated carbocycles. The van der Waals surface area contributed by atoms with Crippen LogP contribution in [0.5, 0.6) is 0 Å². The number of benzene rings is 1. The van der Waals surface area contributed by atoms with Crippen molar-refractivity contribution < 1.29 is 9.18 Å². The van der Waals surface area contributed by atoms with Gasteiger partial charge in [-0.3, -0.25) is 4.79 Å². The van der Waals surface area contributed by atoms with Gasteiger partial charge in [-0.1, -0.05) is 12.8 Å². The molecule has 6 heteroatoms. The van der Waals surface area contributed by atoms with E-state index in [9.17, 15) is 9.18 Å². The second kappa shape index (κ2) is 6.51. The van der Waals surface area contributed by atoms with Gasteiger partial charge in [0.25, 0.3) is 0 Å². The Morgan fingerprint density at radius 2 is 2.29 bits per heavy atom. The van der Waals surface area contributed by atoms with Crippen LogP contribution in [0.4, 0.5) is 4.39 Å². The zero-order chi connectivity index (χ0) is 17.3. The second-order valence-electron chi connectivity index (χ2n) is 7.07. The van der Waals surface area contributed by atoms with E-state index in [1.807, 2.05) is 18.5 Å². The second-order valence-corrected chi connectivity index (χ2v) is 7.07. The zero-order valence-electron chi connectivity index (χ0n) is 14.3. The lowest BCUT2D eigenvalue weighted by Gasteiger charge is -2.37. The van der Waals surface area contributed by atoms with E-state index in [0.717, 1.165) is 37.0 Å². The van der Waals surface area contributed by atoms with Crippen LogP contribution in [-0.4, -0.2) is 27.5 Å². The van der Waals surface area contributed by atoms with Crippen LogP contribution >= 0.6 is 0 Å². The molecular weight excluding hydrogens is 307 g/mol. The molecule has 3 N–H and O–H groups in total. The van der Waals surface area contributed by atoms with Crippen LogP contribution in [0.1, 0.15) is 38.4 Å². The number of fused-ring (bicyclic) bond motifs is 1. The van der Waals surface area contributed by atoms with Gasteiger partial charge in [-0.05, 0) is 31.9 Å². The Labute approximate surface area is 141 Å². The average Bonchev–Trinajstić information content (AvgIpc) is 2.82. The first kappa shape index (κ1) is 16.9. The lowest BCUT2D eigenvalue weighted by molar-refractivity contribution is -0.128. The maximum atomic E-state index is 13.3. The fraction of sp³-hybridized carbons (Fsp3) is 0.556. The molecule has 24 heavy (non-hydrogen) atoms. The van der Waals surface area contributed by atoms with E-state index in [0.29, 0.717) is 18.5 Å². The molecular formula is C18H25FN4O. The molecule has 1 fully saturated rings. The van der Waals surface area contributed by atoms with Crippen LogP contribution in [0, 0.1) is 11.7 Å². The third kappa shape index (κ3) is 3.29. The first-order valence-electron chi connectivity index (χ1n) is 8.56. The summed E-state index contributed by atoms with van der Waals surface area (Å²) in [7, 11) is 1.91. The number of carbonyl (C=O) groups is 1. The Balaban J connectivity index is 1.62. The van der Waals surface area contributed by atoms with Gasteiger partial charge in [0, 0.05) is 31.6 Å². The van der Waals surface area contributed by atoms with Gasteiger partial charge in [0.1, 0.15) is 11.6 Å². The molecule has 1 amide bonds. The predicted molar refractivity (Wildman–Crippen MR) is 91.9 cm³/mol. The van der Waals surface area contributed by atoms with Crippen molar-refractivity contribution in [1.29, 1.82) is 0 Å². The van der Waals surface area contributed by atoms with Crippen molar-refractivity contribution in [1.82, 2.24) is 14.9 Å². The van der Waals surface area contributed by atoms with E-state index in [1.54, 1.807) is 6.07 Å². The number of halogens is 1. The van der Waals surface area contributed by atoms with Crippen LogP contribution in [0.3, 0.4) is 0 Å². The van der Waals surface area contributed by atoms with E-state index in [1.165, 1.54) is 12.1 Å². The Morgan fingerprint density at radius 1 is 1.50 bits per heavy atom. The van der Waals surface area contributed by atoms with Gasteiger partial charge in [-0.25, -0.2) is 9.37 Å². The monoisotopic (exact) mass is 332 g/mol. The molecule has 3 rings (SSSR count). The highest BCUT2D eigenvalue weighted by molar-refractivity contribution is 5.80. The maximum Gasteiger partial charge on any atom is 0.224 e. The number of aromatic nitrogens is 2. The molecule has 2 aromatic rings. The molecule has 0 aliphatic heterocycles. The van der Waals surface area contributed by atoms with Crippen LogP contribution in [0.2, 0.25) is 0 Å². The first-order valence-corrected chi connectivity index (χ1v) is 8.56. The van der Waals surface area contributed by atoms with Gasteiger partial charge in [0.2, 0.25) is 5.91 Å². The fourth-order valence-corrected chi connectivity index (χ4v) is 3.66. The van der Waals surface area contributed by atoms with Gasteiger partial charge >= 0.3 is 0 Å². The third-order valence-electron chi connectivity index (χ3n) is 5.15. The molecule has 0 spiro atoms. The van der Waals surface area contributed by atoms with Crippen molar-refractivity contribution in [3.05, 3.63) is 29.8 Å². The molecule has 1 aromatic carbocycles. The van der Waals surface area contributed by atoms with Crippen LogP contribution < -0.4 is 11.1 Å². The molecule has 1 aromatic heterocycles. The fourth-order valence-electron chi connectivity index (χ4n) is 3.66. The molecule has 2 unspecified atom stereocenters. The van der Waals surface area contributed by atoms with Crippen molar-refractivity contribution in [3.63, 3.8) is 0 Å². The molecule has 5 nitrogen and oxygen atoms in total. The quantitative estimate of drug-likeness (QED) is 0.902. The van der Waals surface area contributed by atoms with Gasteiger partial charge in [0.05, 0.1) is 17.0 Å². The topological polar surface area (TPSA) is 72.9 Å². The molecule has 2 atom stereocenters. The smallest absolute Gasteiger partial charge is 0.224 e. The highest BCUT2D eigenvalue weighted by Gasteiger charge is 2.37. The van der Waals surface area contributed by atoms with Crippen molar-refractivity contribution in [2.45, 2.75) is 44.6 Å². The summed E-state index contributed by atoms with van der Waals surface area (Å²) < 4.78 is 15.2. The summed E-state index contributed by atoms with van der Waals surface area (Å²) in [6.07, 6.45) is 4.49. The van der Waals surface area contributed by atoms with E-state index in [4.69, 9.17) is 5.73 Å². The van der Waals surface area contributed by atoms with Gasteiger partial charge in [-0.2, -0.15) is 0 Å². The summed E-state index contributed by atoms with van der Waals surface area (Å²) >= 11 is 0. The highest BCUT2D eigenvalue weighted by Crippen LogP contribution is 2.31. The minimum atomic E-state index is -0.419. The Morgan fingerprint density at radius 3 is 3.04 bits per heavy atom. The average molecular weight is 332 g/mol. The number of nitrogens with one attached hydrogen (secondary N) is 1. The molecule has 0 radical (unpaired) electrons. The normalized spacial score (nSPS) is 24.2. The summed E-state index contributed by atoms with van der Waals surface area (Å²) in [5.41, 5.74) is 7.39. The van der Waals surface area contributed by atoms with E-state index < -0.39 is 5.54 Å². The summed E-state index contributed by atoms with van der Waals surface area (Å²) in [5.74, 6) is 0.445. The van der Waals surface area contributed by atoms with Crippen LogP contribution in [-0.2, 0) is 18.3 Å². The molecule has 1 aliphatic carbocycles. The number of imidazole rings is 1. The molecule has 0 saturated heterocycles. The Hall–Kier alpha value is -1.95. The standard InChI is InChI=1S/C18H25FN4O/c1-18(20)9-4-3-5-13(18)17(24)21-10-8-16-22-14-11-12(19)6-7-15(14)23(16)2/h6-7,11,13H,3-5,8-10,20H2,1-2H3,(H,21,24). The number of hydrogen-bond acceptors (Lipinski definition) is 3. The number of carbonyl (C=O) groups excluding carboxylic acids is 1. The number of hydrogen-bond donors (Lipinski definition) is 2. The molecule has 0 bridgehead atoms. The number of rotatable bonds is 4. The Bertz CT molecular complexity index is 753. The van der Waals surface area contributed by atoms with Gasteiger partial charge in [0.15, 0.2) is 0 Å². The van der Waals surface area contributed by atoms with Crippen LogP contribution in [0.25, 0.3) is 11.0 Å². The molecule has 1 heterocycles. The summed E-state index contributed by atoms with van der Waals surface area (Å²) in [6.45, 7) is 2.47. The van der Waals surface area contributed by atoms with Crippen molar-refractivity contribution >= 4 is 16.9 Å². The molecule has 130 valence electrons. The van der Waals surface area contributed by atoms with Gasteiger partial charge < -0.3 is 15.6 Å². The summed E-state index contributed by atoms with van der Waals surface area (Å²) in [5, 5.41) is 2.99. The van der Waals surface area contributed by atoms with Gasteiger partial charge in [-0.15, -0.1) is 0 Å². The number of amides is 1. The number of nitrogens with two attached hydrogens (primary N) is 1. The first-order chi connectivity index (χ1) is 11.4. The van der Waals surface area contributed by atoms with E-state index in [-0.39, 0.29) is 17.6 Å². The summed E-state index contributed by atoms with van der Waals surface area (Å²) in [6, 6.07) is 4.58. The minimum Gasteiger partial charge on any atom is -0.355 e.